The van der Waals surface area contributed by atoms with Gasteiger partial charge in [-0.05, 0) is 56.2 Å². The Hall–Kier alpha value is -2.50. The number of nitrogens with one attached hydrogen (secondary N) is 2. The Morgan fingerprint density at radius 1 is 1.23 bits per heavy atom. The number of carbonyl (C=O) groups is 1. The van der Waals surface area contributed by atoms with E-state index >= 15 is 0 Å². The van der Waals surface area contributed by atoms with Crippen molar-refractivity contribution in [2.45, 2.75) is 45.1 Å². The van der Waals surface area contributed by atoms with E-state index in [-0.39, 0.29) is 11.7 Å². The molecule has 1 aliphatic heterocycles. The number of carbonyl (C=O) groups excluding carboxylic acids is 1. The van der Waals surface area contributed by atoms with E-state index in [4.69, 9.17) is 0 Å². The highest BCUT2D eigenvalue weighted by Crippen LogP contribution is 2.32. The number of fused-ring (bicyclic) bond motifs is 1. The molecular weight excluding hydrogens is 331 g/mol. The minimum absolute atomic E-state index is 0.117. The van der Waals surface area contributed by atoms with Crippen molar-refractivity contribution >= 4 is 11.7 Å². The van der Waals surface area contributed by atoms with Crippen LogP contribution in [0.15, 0.2) is 24.3 Å². The van der Waals surface area contributed by atoms with E-state index in [2.05, 4.69) is 20.6 Å². The molecule has 0 radical (unpaired) electrons. The third-order valence-electron chi connectivity index (χ3n) is 5.39. The maximum Gasteiger partial charge on any atom is 0.270 e. The molecule has 0 spiro atoms. The van der Waals surface area contributed by atoms with Crippen molar-refractivity contribution in [1.82, 2.24) is 15.3 Å². The van der Waals surface area contributed by atoms with Crippen LogP contribution in [0.4, 0.5) is 10.2 Å². The Balaban J connectivity index is 1.54. The molecule has 1 aromatic carbocycles. The number of hydrogen-bond donors (Lipinski definition) is 2. The summed E-state index contributed by atoms with van der Waals surface area (Å²) >= 11 is 0. The van der Waals surface area contributed by atoms with Gasteiger partial charge in [0.15, 0.2) is 0 Å². The zero-order chi connectivity index (χ0) is 18.1. The lowest BCUT2D eigenvalue weighted by Crippen LogP contribution is -2.35. The van der Waals surface area contributed by atoms with E-state index in [1.54, 1.807) is 0 Å². The lowest BCUT2D eigenvalue weighted by atomic mass is 9.94. The molecule has 1 aliphatic carbocycles. The third kappa shape index (κ3) is 3.41. The summed E-state index contributed by atoms with van der Waals surface area (Å²) in [5, 5.41) is 6.45. The van der Waals surface area contributed by atoms with Gasteiger partial charge in [-0.15, -0.1) is 0 Å². The molecule has 6 heteroatoms. The second kappa shape index (κ2) is 7.02. The van der Waals surface area contributed by atoms with E-state index in [0.29, 0.717) is 30.0 Å². The topological polar surface area (TPSA) is 66.9 Å². The molecule has 1 aromatic heterocycles. The largest absolute Gasteiger partial charge is 0.367 e. The van der Waals surface area contributed by atoms with Crippen LogP contribution in [-0.2, 0) is 12.8 Å². The predicted molar refractivity (Wildman–Crippen MR) is 97.7 cm³/mol. The first-order valence-electron chi connectivity index (χ1n) is 9.27. The molecule has 0 bridgehead atoms. The average Bonchev–Trinajstić information content (AvgIpc) is 3.05. The molecule has 0 unspecified atom stereocenters. The summed E-state index contributed by atoms with van der Waals surface area (Å²) in [5.41, 5.74) is 2.58. The Morgan fingerprint density at radius 2 is 2.04 bits per heavy atom. The fourth-order valence-corrected chi connectivity index (χ4v) is 4.09. The zero-order valence-corrected chi connectivity index (χ0v) is 14.9. The lowest BCUT2D eigenvalue weighted by Gasteiger charge is -2.25. The van der Waals surface area contributed by atoms with Gasteiger partial charge in [0.1, 0.15) is 23.2 Å². The summed E-state index contributed by atoms with van der Waals surface area (Å²) in [7, 11) is 0. The van der Waals surface area contributed by atoms with Crippen LogP contribution in [0.1, 0.15) is 46.7 Å². The number of nitrogens with zero attached hydrogens (tertiary/aromatic N) is 2. The highest BCUT2D eigenvalue weighted by atomic mass is 19.1. The quantitative estimate of drug-likeness (QED) is 0.886. The van der Waals surface area contributed by atoms with Gasteiger partial charge in [-0.25, -0.2) is 14.4 Å². The smallest absolute Gasteiger partial charge is 0.270 e. The van der Waals surface area contributed by atoms with Crippen molar-refractivity contribution in [3.8, 4) is 0 Å². The van der Waals surface area contributed by atoms with E-state index in [9.17, 15) is 9.18 Å². The van der Waals surface area contributed by atoms with Crippen LogP contribution in [-0.4, -0.2) is 28.5 Å². The molecule has 1 fully saturated rings. The van der Waals surface area contributed by atoms with Crippen molar-refractivity contribution in [3.05, 3.63) is 52.7 Å². The minimum atomic E-state index is -0.198. The number of halogens is 1. The standard InChI is InChI=1S/C20H23FN4O/c1-12-23-18-16(9-10-22-20(18)26)19(24-12)25-17-4-2-3-14(17)11-13-5-7-15(21)8-6-13/h5-8,14,17H,2-4,9-11H2,1H3,(H,22,26)(H,23,24,25)/t14-,17-/m0/s1. The third-order valence-corrected chi connectivity index (χ3v) is 5.39. The number of rotatable bonds is 4. The van der Waals surface area contributed by atoms with Crippen molar-refractivity contribution in [2.75, 3.05) is 11.9 Å². The Bertz CT molecular complexity index is 821. The maximum atomic E-state index is 13.1. The molecule has 1 saturated carbocycles. The Labute approximate surface area is 152 Å². The van der Waals surface area contributed by atoms with Crippen molar-refractivity contribution in [2.24, 2.45) is 5.92 Å². The lowest BCUT2D eigenvalue weighted by molar-refractivity contribution is 0.0940. The van der Waals surface area contributed by atoms with Gasteiger partial charge in [-0.3, -0.25) is 4.79 Å². The van der Waals surface area contributed by atoms with Crippen LogP contribution in [0.5, 0.6) is 0 Å². The van der Waals surface area contributed by atoms with E-state index in [1.807, 2.05) is 19.1 Å². The van der Waals surface area contributed by atoms with Crippen LogP contribution >= 0.6 is 0 Å². The van der Waals surface area contributed by atoms with Crippen LogP contribution in [0, 0.1) is 18.7 Å². The number of aryl methyl sites for hydroxylation is 1. The predicted octanol–water partition coefficient (Wildman–Crippen LogP) is 3.03. The Morgan fingerprint density at radius 3 is 2.85 bits per heavy atom. The number of anilines is 1. The minimum Gasteiger partial charge on any atom is -0.367 e. The van der Waals surface area contributed by atoms with Gasteiger partial charge in [0.05, 0.1) is 0 Å². The first-order valence-corrected chi connectivity index (χ1v) is 9.27. The van der Waals surface area contributed by atoms with Crippen LogP contribution < -0.4 is 10.6 Å². The molecule has 2 N–H and O–H groups in total. The number of benzene rings is 1. The molecule has 5 nitrogen and oxygen atoms in total. The fourth-order valence-electron chi connectivity index (χ4n) is 4.09. The van der Waals surface area contributed by atoms with E-state index < -0.39 is 0 Å². The summed E-state index contributed by atoms with van der Waals surface area (Å²) in [6.07, 6.45) is 5.05. The van der Waals surface area contributed by atoms with Crippen molar-refractivity contribution < 1.29 is 9.18 Å². The zero-order valence-electron chi connectivity index (χ0n) is 14.9. The monoisotopic (exact) mass is 354 g/mol. The fraction of sp³-hybridized carbons (Fsp3) is 0.450. The SMILES string of the molecule is Cc1nc(N[C@H]2CCC[C@H]2Cc2ccc(F)cc2)c2c(n1)C(=O)NCC2. The number of amides is 1. The summed E-state index contributed by atoms with van der Waals surface area (Å²) in [6, 6.07) is 7.09. The second-order valence-corrected chi connectivity index (χ2v) is 7.22. The number of aromatic nitrogens is 2. The molecule has 1 amide bonds. The van der Waals surface area contributed by atoms with Gasteiger partial charge in [-0.1, -0.05) is 18.6 Å². The maximum absolute atomic E-state index is 13.1. The van der Waals surface area contributed by atoms with Gasteiger partial charge in [0.25, 0.3) is 5.91 Å². The Kier molecular flexibility index (Phi) is 4.57. The molecule has 2 atom stereocenters. The second-order valence-electron chi connectivity index (χ2n) is 7.22. The number of hydrogen-bond acceptors (Lipinski definition) is 4. The van der Waals surface area contributed by atoms with Crippen LogP contribution in [0.25, 0.3) is 0 Å². The van der Waals surface area contributed by atoms with Gasteiger partial charge >= 0.3 is 0 Å². The van der Waals surface area contributed by atoms with E-state index in [0.717, 1.165) is 49.0 Å². The summed E-state index contributed by atoms with van der Waals surface area (Å²) in [6.45, 7) is 2.44. The molecule has 136 valence electrons. The summed E-state index contributed by atoms with van der Waals surface area (Å²) in [5.74, 6) is 1.57. The molecule has 26 heavy (non-hydrogen) atoms. The van der Waals surface area contributed by atoms with Gasteiger partial charge in [0.2, 0.25) is 0 Å². The van der Waals surface area contributed by atoms with Gasteiger partial charge in [0, 0.05) is 18.2 Å². The highest BCUT2D eigenvalue weighted by molar-refractivity contribution is 5.96. The molecular formula is C20H23FN4O. The van der Waals surface area contributed by atoms with Gasteiger partial charge < -0.3 is 10.6 Å². The molecule has 0 saturated heterocycles. The molecule has 2 heterocycles. The van der Waals surface area contributed by atoms with E-state index in [1.165, 1.54) is 12.1 Å². The summed E-state index contributed by atoms with van der Waals surface area (Å²) < 4.78 is 13.1. The average molecular weight is 354 g/mol. The molecule has 4 rings (SSSR count). The van der Waals surface area contributed by atoms with Crippen LogP contribution in [0.2, 0.25) is 0 Å². The molecule has 2 aliphatic rings. The van der Waals surface area contributed by atoms with Crippen LogP contribution in [0.3, 0.4) is 0 Å². The molecule has 2 aromatic rings. The normalized spacial score (nSPS) is 22.0. The highest BCUT2D eigenvalue weighted by Gasteiger charge is 2.30. The summed E-state index contributed by atoms with van der Waals surface area (Å²) in [4.78, 5) is 21.0. The van der Waals surface area contributed by atoms with Gasteiger partial charge in [-0.2, -0.15) is 0 Å². The van der Waals surface area contributed by atoms with Crippen molar-refractivity contribution in [1.29, 1.82) is 0 Å². The first-order chi connectivity index (χ1) is 12.6. The van der Waals surface area contributed by atoms with Crippen molar-refractivity contribution in [3.63, 3.8) is 0 Å². The first kappa shape index (κ1) is 16.9.